The molecular weight excluding hydrogens is 665 g/mol. The first-order chi connectivity index (χ1) is 24.7. The number of carbonyl (C=O) groups is 3. The fourth-order valence-corrected chi connectivity index (χ4v) is 6.64. The van der Waals surface area contributed by atoms with Gasteiger partial charge in [-0.25, -0.2) is 14.4 Å². The predicted molar refractivity (Wildman–Crippen MR) is 202 cm³/mol. The zero-order valence-corrected chi connectivity index (χ0v) is 32.1. The fraction of sp³-hybridized carbons (Fsp3) is 0.488. The normalized spacial score (nSPS) is 11.2. The van der Waals surface area contributed by atoms with Crippen LogP contribution in [0.15, 0.2) is 66.7 Å². The van der Waals surface area contributed by atoms with Crippen LogP contribution >= 0.6 is 0 Å². The second-order valence-corrected chi connectivity index (χ2v) is 17.7. The summed E-state index contributed by atoms with van der Waals surface area (Å²) in [7, 11) is 1.90. The molecule has 3 aromatic carbocycles. The topological polar surface area (TPSA) is 107 Å². The zero-order chi connectivity index (χ0) is 36.9. The lowest BCUT2D eigenvalue weighted by Crippen LogP contribution is -2.27. The van der Waals surface area contributed by atoms with Crippen molar-refractivity contribution in [2.75, 3.05) is 27.4 Å². The highest BCUT2D eigenvalue weighted by Gasteiger charge is 2.21. The Kier molecular flexibility index (Phi) is 18.3. The molecule has 3 aromatic rings. The molecule has 0 fully saturated rings. The number of esters is 3. The Balaban J connectivity index is 1.57. The number of methoxy groups -OCH3 is 1. The first-order valence-corrected chi connectivity index (χ1v) is 21.4. The van der Waals surface area contributed by atoms with Gasteiger partial charge in [0, 0.05) is 7.11 Å². The van der Waals surface area contributed by atoms with Gasteiger partial charge in [0.2, 0.25) is 0 Å². The molecule has 0 aliphatic carbocycles. The minimum atomic E-state index is -1.46. The molecule has 0 spiro atoms. The van der Waals surface area contributed by atoms with Crippen molar-refractivity contribution in [1.29, 1.82) is 0 Å². The maximum absolute atomic E-state index is 13.3. The Morgan fingerprint density at radius 2 is 1.10 bits per heavy atom. The number of hydrogen-bond acceptors (Lipinski definition) is 9. The van der Waals surface area contributed by atoms with E-state index in [0.717, 1.165) is 38.5 Å². The van der Waals surface area contributed by atoms with Crippen LogP contribution in [-0.2, 0) is 9.16 Å². The average molecular weight is 721 g/mol. The Bertz CT molecular complexity index is 1490. The van der Waals surface area contributed by atoms with Crippen LogP contribution in [-0.4, -0.2) is 53.7 Å². The van der Waals surface area contributed by atoms with E-state index in [9.17, 15) is 14.4 Å². The Morgan fingerprint density at radius 1 is 0.569 bits per heavy atom. The molecule has 3 rings (SSSR count). The van der Waals surface area contributed by atoms with Gasteiger partial charge in [-0.2, -0.15) is 0 Å². The first-order valence-electron chi connectivity index (χ1n) is 18.3. The molecule has 0 unspecified atom stereocenters. The number of unbranched alkanes of at least 4 members (excludes halogenated alkanes) is 10. The van der Waals surface area contributed by atoms with E-state index < -0.39 is 26.2 Å². The second-order valence-electron chi connectivity index (χ2n) is 13.3. The van der Waals surface area contributed by atoms with E-state index in [1.165, 1.54) is 63.5 Å². The van der Waals surface area contributed by atoms with E-state index in [1.807, 2.05) is 7.11 Å². The van der Waals surface area contributed by atoms with Crippen LogP contribution in [0.5, 0.6) is 23.0 Å². The summed E-state index contributed by atoms with van der Waals surface area (Å²) in [5.41, 5.74) is 0.582. The third kappa shape index (κ3) is 15.3. The Morgan fingerprint density at radius 3 is 1.71 bits per heavy atom. The number of carbonyl (C=O) groups excluding carboxylic acids is 3. The summed E-state index contributed by atoms with van der Waals surface area (Å²) in [6.45, 7) is 7.51. The van der Waals surface area contributed by atoms with Crippen molar-refractivity contribution < 1.29 is 42.5 Å². The lowest BCUT2D eigenvalue weighted by atomic mass is 10.1. The van der Waals surface area contributed by atoms with Gasteiger partial charge in [-0.05, 0) is 98.7 Å². The molecule has 0 heterocycles. The molecule has 0 atom stereocenters. The summed E-state index contributed by atoms with van der Waals surface area (Å²) in [5.74, 6) is -0.556. The van der Waals surface area contributed by atoms with Gasteiger partial charge in [0.15, 0.2) is 8.32 Å². The molecule has 10 heteroatoms. The largest absolute Gasteiger partial charge is 0.497 e. The van der Waals surface area contributed by atoms with Crippen LogP contribution in [0.4, 0.5) is 0 Å². The summed E-state index contributed by atoms with van der Waals surface area (Å²) >= 11 is 0. The van der Waals surface area contributed by atoms with Gasteiger partial charge in [0.1, 0.15) is 28.6 Å². The first kappa shape index (κ1) is 41.3. The maximum atomic E-state index is 13.3. The van der Waals surface area contributed by atoms with Crippen molar-refractivity contribution in [2.45, 2.75) is 103 Å². The SMILES string of the molecule is CCCCCCOc1ccc(C(=O)Oc2ccc(OC(=O)c3ccc(OC)cc3)cc2C(=O)OCCCCCCCCCC[Si](C)(C)OC)cc1. The number of ether oxygens (including phenoxy) is 5. The van der Waals surface area contributed by atoms with Crippen LogP contribution in [0.3, 0.4) is 0 Å². The molecule has 0 saturated heterocycles. The van der Waals surface area contributed by atoms with E-state index in [2.05, 4.69) is 20.0 Å². The fourth-order valence-electron chi connectivity index (χ4n) is 5.34. The van der Waals surface area contributed by atoms with Crippen molar-refractivity contribution in [2.24, 2.45) is 0 Å². The van der Waals surface area contributed by atoms with Crippen LogP contribution in [0.1, 0.15) is 115 Å². The second kappa shape index (κ2) is 22.6. The lowest BCUT2D eigenvalue weighted by molar-refractivity contribution is 0.0490. The maximum Gasteiger partial charge on any atom is 0.343 e. The summed E-state index contributed by atoms with van der Waals surface area (Å²) in [4.78, 5) is 39.3. The smallest absolute Gasteiger partial charge is 0.343 e. The van der Waals surface area contributed by atoms with Crippen molar-refractivity contribution in [1.82, 2.24) is 0 Å². The monoisotopic (exact) mass is 720 g/mol. The third-order valence-corrected chi connectivity index (χ3v) is 11.4. The summed E-state index contributed by atoms with van der Waals surface area (Å²) < 4.78 is 33.4. The average Bonchev–Trinajstić information content (AvgIpc) is 3.14. The van der Waals surface area contributed by atoms with Gasteiger partial charge in [0.05, 0.1) is 31.5 Å². The van der Waals surface area contributed by atoms with Gasteiger partial charge in [-0.3, -0.25) is 0 Å². The van der Waals surface area contributed by atoms with Gasteiger partial charge in [-0.15, -0.1) is 0 Å². The van der Waals surface area contributed by atoms with Gasteiger partial charge in [0.25, 0.3) is 0 Å². The number of benzene rings is 3. The predicted octanol–water partition coefficient (Wildman–Crippen LogP) is 10.2. The molecule has 9 nitrogen and oxygen atoms in total. The van der Waals surface area contributed by atoms with E-state index in [-0.39, 0.29) is 23.7 Å². The van der Waals surface area contributed by atoms with Crippen LogP contribution in [0.25, 0.3) is 0 Å². The lowest BCUT2D eigenvalue weighted by Gasteiger charge is -2.19. The molecule has 0 bridgehead atoms. The highest BCUT2D eigenvalue weighted by molar-refractivity contribution is 6.71. The van der Waals surface area contributed by atoms with E-state index in [0.29, 0.717) is 35.7 Å². The van der Waals surface area contributed by atoms with Crippen LogP contribution < -0.4 is 18.9 Å². The minimum absolute atomic E-state index is 0.00190. The molecule has 278 valence electrons. The highest BCUT2D eigenvalue weighted by atomic mass is 28.4. The van der Waals surface area contributed by atoms with Crippen LogP contribution in [0.2, 0.25) is 19.1 Å². The summed E-state index contributed by atoms with van der Waals surface area (Å²) in [6, 6.07) is 18.6. The van der Waals surface area contributed by atoms with Gasteiger partial charge in [-0.1, -0.05) is 71.1 Å². The molecule has 0 aliphatic rings. The van der Waals surface area contributed by atoms with Crippen LogP contribution in [0, 0.1) is 0 Å². The molecular formula is C41H56O9Si. The molecule has 0 aliphatic heterocycles. The molecule has 0 radical (unpaired) electrons. The standard InChI is InChI=1S/C41H56O9Si/c1-6-7-8-15-28-47-35-24-20-33(21-25-35)40(43)50-38-27-26-36(49-39(42)32-18-22-34(45-2)23-19-32)31-37(38)41(44)48-29-16-13-11-9-10-12-14-17-30-51(4,5)46-3/h18-27,31H,6-17,28-30H2,1-5H3. The quantitative estimate of drug-likeness (QED) is 0.0387. The Hall–Kier alpha value is -4.15. The zero-order valence-electron chi connectivity index (χ0n) is 31.1. The van der Waals surface area contributed by atoms with E-state index >= 15 is 0 Å². The van der Waals surface area contributed by atoms with Crippen molar-refractivity contribution in [3.63, 3.8) is 0 Å². The minimum Gasteiger partial charge on any atom is -0.497 e. The molecule has 0 saturated carbocycles. The summed E-state index contributed by atoms with van der Waals surface area (Å²) in [5, 5.41) is 0. The molecule has 0 N–H and O–H groups in total. The van der Waals surface area contributed by atoms with E-state index in [1.54, 1.807) is 48.5 Å². The third-order valence-electron chi connectivity index (χ3n) is 8.73. The number of hydrogen-bond donors (Lipinski definition) is 0. The van der Waals surface area contributed by atoms with Gasteiger partial charge >= 0.3 is 17.9 Å². The molecule has 0 aromatic heterocycles. The summed E-state index contributed by atoms with van der Waals surface area (Å²) in [6.07, 6.45) is 13.2. The van der Waals surface area contributed by atoms with Crippen molar-refractivity contribution in [3.05, 3.63) is 83.4 Å². The molecule has 0 amide bonds. The number of rotatable bonds is 24. The van der Waals surface area contributed by atoms with E-state index in [4.69, 9.17) is 28.1 Å². The van der Waals surface area contributed by atoms with Gasteiger partial charge < -0.3 is 28.1 Å². The highest BCUT2D eigenvalue weighted by Crippen LogP contribution is 2.28. The van der Waals surface area contributed by atoms with Crippen molar-refractivity contribution >= 4 is 26.2 Å². The molecule has 51 heavy (non-hydrogen) atoms. The Labute approximate surface area is 305 Å². The van der Waals surface area contributed by atoms with Crippen molar-refractivity contribution in [3.8, 4) is 23.0 Å².